The first-order valence-corrected chi connectivity index (χ1v) is 14.0. The Kier molecular flexibility index (Phi) is 8.28. The lowest BCUT2D eigenvalue weighted by atomic mass is 9.88. The van der Waals surface area contributed by atoms with Gasteiger partial charge in [0.25, 0.3) is 0 Å². The third-order valence-corrected chi connectivity index (χ3v) is 8.67. The van der Waals surface area contributed by atoms with Crippen LogP contribution in [-0.4, -0.2) is 48.3 Å². The molecule has 1 aliphatic heterocycles. The summed E-state index contributed by atoms with van der Waals surface area (Å²) >= 11 is 0. The molecule has 5 heteroatoms. The van der Waals surface area contributed by atoms with Crippen LogP contribution in [0.2, 0.25) is 0 Å². The number of para-hydroxylation sites is 2. The first kappa shape index (κ1) is 25.3. The molecular weight excluding hydrogens is 450 g/mol. The van der Waals surface area contributed by atoms with E-state index in [-0.39, 0.29) is 12.1 Å². The molecule has 2 bridgehead atoms. The Morgan fingerprint density at radius 1 is 0.917 bits per heavy atom. The summed E-state index contributed by atoms with van der Waals surface area (Å²) in [5.74, 6) is 1.99. The number of carbonyl (C=O) groups excluding carboxylic acids is 1. The van der Waals surface area contributed by atoms with E-state index in [1.807, 2.05) is 48.5 Å². The average Bonchev–Trinajstić information content (AvgIpc) is 3.46. The van der Waals surface area contributed by atoms with Crippen LogP contribution in [0.4, 0.5) is 0 Å². The molecule has 2 aliphatic carbocycles. The summed E-state index contributed by atoms with van der Waals surface area (Å²) in [5, 5.41) is 8.89. The molecule has 1 N–H and O–H groups in total. The van der Waals surface area contributed by atoms with Gasteiger partial charge in [-0.3, -0.25) is 4.79 Å². The largest absolute Gasteiger partial charge is 0.461 e. The van der Waals surface area contributed by atoms with Crippen LogP contribution in [0.5, 0.6) is 11.5 Å². The number of unbranched alkanes of at least 4 members (excludes halogenated alkanes) is 6. The summed E-state index contributed by atoms with van der Waals surface area (Å²) < 4.78 is 12.4. The maximum Gasteiger partial charge on any atom is 0.318 e. The van der Waals surface area contributed by atoms with E-state index in [4.69, 9.17) is 14.6 Å². The van der Waals surface area contributed by atoms with Gasteiger partial charge in [0, 0.05) is 29.7 Å². The molecule has 0 aromatic heterocycles. The minimum absolute atomic E-state index is 0.0115. The van der Waals surface area contributed by atoms with Gasteiger partial charge in [0.05, 0.1) is 0 Å². The first-order valence-electron chi connectivity index (χ1n) is 14.0. The molecule has 2 saturated carbocycles. The maximum atomic E-state index is 13.7. The number of hydrogen-bond donors (Lipinski definition) is 1. The average molecular weight is 492 g/mol. The van der Waals surface area contributed by atoms with Gasteiger partial charge in [-0.05, 0) is 63.7 Å². The van der Waals surface area contributed by atoms with Crippen LogP contribution in [0.1, 0.15) is 81.3 Å². The van der Waals surface area contributed by atoms with Crippen molar-refractivity contribution in [2.24, 2.45) is 11.8 Å². The number of aliphatic hydroxyl groups is 1. The van der Waals surface area contributed by atoms with E-state index in [1.54, 1.807) is 0 Å². The van der Waals surface area contributed by atoms with Crippen molar-refractivity contribution in [1.29, 1.82) is 0 Å². The third kappa shape index (κ3) is 5.33. The third-order valence-electron chi connectivity index (χ3n) is 8.67. The number of esters is 1. The predicted octanol–water partition coefficient (Wildman–Crippen LogP) is 6.29. The second kappa shape index (κ2) is 11.8. The van der Waals surface area contributed by atoms with E-state index in [2.05, 4.69) is 11.9 Å². The normalized spacial score (nSPS) is 24.4. The number of rotatable bonds is 12. The lowest BCUT2D eigenvalue weighted by Crippen LogP contribution is -2.38. The molecule has 36 heavy (non-hydrogen) atoms. The highest BCUT2D eigenvalue weighted by atomic mass is 16.5. The SMILES string of the molecule is CN(CCCCCCCCCO)C1C2CC[C@@H]1[C@H](OC(=O)C1c3ccccc3Oc3ccccc31)C2. The van der Waals surface area contributed by atoms with E-state index in [9.17, 15) is 4.79 Å². The standard InChI is InChI=1S/C31H41NO4/c1-32(19-11-5-3-2-4-6-12-20-33)30-22-17-18-25(30)28(21-22)36-31(34)29-23-13-7-9-15-26(23)35-27-16-10-8-14-24(27)29/h7-10,13-16,22,25,28-30,33H,2-6,11-12,17-21H2,1H3/t22?,25-,28-,30?/m1/s1. The van der Waals surface area contributed by atoms with Gasteiger partial charge in [0.2, 0.25) is 0 Å². The second-order valence-corrected chi connectivity index (χ2v) is 11.0. The molecule has 194 valence electrons. The van der Waals surface area contributed by atoms with Gasteiger partial charge >= 0.3 is 5.97 Å². The summed E-state index contributed by atoms with van der Waals surface area (Å²) in [6, 6.07) is 16.2. The fourth-order valence-electron chi connectivity index (χ4n) is 6.94. The number of ether oxygens (including phenoxy) is 2. The molecule has 0 amide bonds. The zero-order valence-electron chi connectivity index (χ0n) is 21.6. The molecule has 2 fully saturated rings. The van der Waals surface area contributed by atoms with Crippen LogP contribution in [0.3, 0.4) is 0 Å². The van der Waals surface area contributed by atoms with Gasteiger partial charge in [0.1, 0.15) is 23.5 Å². The Bertz CT molecular complexity index is 978. The second-order valence-electron chi connectivity index (χ2n) is 11.0. The molecule has 0 spiro atoms. The monoisotopic (exact) mass is 491 g/mol. The van der Waals surface area contributed by atoms with E-state index in [1.165, 1.54) is 38.5 Å². The molecule has 2 aromatic carbocycles. The highest BCUT2D eigenvalue weighted by molar-refractivity contribution is 5.85. The minimum Gasteiger partial charge on any atom is -0.461 e. The van der Waals surface area contributed by atoms with Gasteiger partial charge < -0.3 is 19.5 Å². The molecule has 0 radical (unpaired) electrons. The number of fused-ring (bicyclic) bond motifs is 4. The van der Waals surface area contributed by atoms with Crippen molar-refractivity contribution in [3.8, 4) is 11.5 Å². The van der Waals surface area contributed by atoms with Crippen molar-refractivity contribution >= 4 is 5.97 Å². The molecule has 0 saturated heterocycles. The Hall–Kier alpha value is -2.37. The van der Waals surface area contributed by atoms with Gasteiger partial charge in [-0.25, -0.2) is 0 Å². The van der Waals surface area contributed by atoms with Crippen LogP contribution < -0.4 is 4.74 Å². The molecule has 2 unspecified atom stereocenters. The smallest absolute Gasteiger partial charge is 0.318 e. The van der Waals surface area contributed by atoms with Crippen LogP contribution in [0.25, 0.3) is 0 Å². The maximum absolute atomic E-state index is 13.7. The van der Waals surface area contributed by atoms with E-state index in [0.717, 1.165) is 54.9 Å². The molecule has 2 aromatic rings. The molecule has 1 heterocycles. The Balaban J connectivity index is 1.17. The lowest BCUT2D eigenvalue weighted by molar-refractivity contribution is -0.152. The topological polar surface area (TPSA) is 59.0 Å². The van der Waals surface area contributed by atoms with Crippen LogP contribution in [0, 0.1) is 11.8 Å². The van der Waals surface area contributed by atoms with Crippen LogP contribution in [-0.2, 0) is 9.53 Å². The summed E-state index contributed by atoms with van der Waals surface area (Å²) in [5.41, 5.74) is 1.80. The van der Waals surface area contributed by atoms with Gasteiger partial charge in [-0.15, -0.1) is 0 Å². The lowest BCUT2D eigenvalue weighted by Gasteiger charge is -2.31. The van der Waals surface area contributed by atoms with Gasteiger partial charge in [-0.1, -0.05) is 68.5 Å². The molecule has 5 nitrogen and oxygen atoms in total. The van der Waals surface area contributed by atoms with Crippen molar-refractivity contribution in [2.75, 3.05) is 20.2 Å². The number of aliphatic hydroxyl groups excluding tert-OH is 1. The van der Waals surface area contributed by atoms with Crippen molar-refractivity contribution in [3.63, 3.8) is 0 Å². The van der Waals surface area contributed by atoms with E-state index in [0.29, 0.717) is 24.5 Å². The molecule has 3 aliphatic rings. The van der Waals surface area contributed by atoms with Crippen molar-refractivity contribution in [1.82, 2.24) is 4.90 Å². The Labute approximate surface area is 215 Å². The highest BCUT2D eigenvalue weighted by Crippen LogP contribution is 2.50. The van der Waals surface area contributed by atoms with Crippen molar-refractivity contribution in [3.05, 3.63) is 59.7 Å². The van der Waals surface area contributed by atoms with Gasteiger partial charge in [0.15, 0.2) is 0 Å². The summed E-state index contributed by atoms with van der Waals surface area (Å²) in [7, 11) is 2.27. The fraction of sp³-hybridized carbons (Fsp3) is 0.581. The number of benzene rings is 2. The number of nitrogens with zero attached hydrogens (tertiary/aromatic N) is 1. The van der Waals surface area contributed by atoms with Crippen molar-refractivity contribution in [2.45, 2.75) is 82.3 Å². The predicted molar refractivity (Wildman–Crippen MR) is 141 cm³/mol. The fourth-order valence-corrected chi connectivity index (χ4v) is 6.94. The molecular formula is C31H41NO4. The zero-order valence-corrected chi connectivity index (χ0v) is 21.6. The summed E-state index contributed by atoms with van der Waals surface area (Å²) in [6.07, 6.45) is 11.8. The minimum atomic E-state index is -0.432. The molecule has 5 rings (SSSR count). The molecule has 4 atom stereocenters. The Morgan fingerprint density at radius 3 is 2.19 bits per heavy atom. The highest BCUT2D eigenvalue weighted by Gasteiger charge is 2.51. The van der Waals surface area contributed by atoms with Gasteiger partial charge in [-0.2, -0.15) is 0 Å². The van der Waals surface area contributed by atoms with Crippen LogP contribution >= 0.6 is 0 Å². The Morgan fingerprint density at radius 2 is 1.53 bits per heavy atom. The first-order chi connectivity index (χ1) is 17.7. The summed E-state index contributed by atoms with van der Waals surface area (Å²) in [4.78, 5) is 16.2. The van der Waals surface area contributed by atoms with E-state index < -0.39 is 5.92 Å². The van der Waals surface area contributed by atoms with Crippen molar-refractivity contribution < 1.29 is 19.4 Å². The zero-order chi connectivity index (χ0) is 24.9. The van der Waals surface area contributed by atoms with E-state index >= 15 is 0 Å². The number of carbonyl (C=O) groups is 1. The summed E-state index contributed by atoms with van der Waals surface area (Å²) in [6.45, 7) is 1.44. The quantitative estimate of drug-likeness (QED) is 0.279. The number of hydrogen-bond acceptors (Lipinski definition) is 5. The van der Waals surface area contributed by atoms with Crippen LogP contribution in [0.15, 0.2) is 48.5 Å².